The molecule has 0 aromatic heterocycles. The Hall–Kier alpha value is -2.82. The van der Waals surface area contributed by atoms with E-state index in [4.69, 9.17) is 4.74 Å². The summed E-state index contributed by atoms with van der Waals surface area (Å²) in [5.41, 5.74) is 2.81. The Labute approximate surface area is 128 Å². The van der Waals surface area contributed by atoms with Crippen molar-refractivity contribution in [3.8, 4) is 5.75 Å². The SMILES string of the molecule is COc1ccccc1C(=O)Nc1ccc2c(c1)C(C)C(=O)N2. The minimum Gasteiger partial charge on any atom is -0.496 e. The number of ether oxygens (including phenoxy) is 1. The van der Waals surface area contributed by atoms with Crippen LogP contribution in [-0.4, -0.2) is 18.9 Å². The summed E-state index contributed by atoms with van der Waals surface area (Å²) in [6, 6.07) is 12.4. The molecule has 1 atom stereocenters. The lowest BCUT2D eigenvalue weighted by Gasteiger charge is -2.10. The smallest absolute Gasteiger partial charge is 0.259 e. The van der Waals surface area contributed by atoms with E-state index in [1.807, 2.05) is 19.1 Å². The molecule has 3 rings (SSSR count). The van der Waals surface area contributed by atoms with Crippen molar-refractivity contribution in [3.63, 3.8) is 0 Å². The third-order valence-corrected chi connectivity index (χ3v) is 3.78. The van der Waals surface area contributed by atoms with E-state index >= 15 is 0 Å². The standard InChI is InChI=1S/C17H16N2O3/c1-10-13-9-11(7-8-14(13)19-16(10)20)18-17(21)12-5-3-4-6-15(12)22-2/h3-10H,1-2H3,(H,18,21)(H,19,20). The van der Waals surface area contributed by atoms with Crippen molar-refractivity contribution in [1.29, 1.82) is 0 Å². The summed E-state index contributed by atoms with van der Waals surface area (Å²) in [4.78, 5) is 24.0. The van der Waals surface area contributed by atoms with E-state index < -0.39 is 0 Å². The van der Waals surface area contributed by atoms with E-state index in [2.05, 4.69) is 10.6 Å². The molecule has 0 aliphatic carbocycles. The van der Waals surface area contributed by atoms with Gasteiger partial charge in [0.2, 0.25) is 5.91 Å². The highest BCUT2D eigenvalue weighted by Gasteiger charge is 2.26. The summed E-state index contributed by atoms with van der Waals surface area (Å²) < 4.78 is 5.19. The number of fused-ring (bicyclic) bond motifs is 1. The first-order valence-corrected chi connectivity index (χ1v) is 6.99. The normalized spacial score (nSPS) is 15.9. The summed E-state index contributed by atoms with van der Waals surface area (Å²) in [6.45, 7) is 1.84. The first kappa shape index (κ1) is 14.1. The predicted octanol–water partition coefficient (Wildman–Crippen LogP) is 3.00. The number of benzene rings is 2. The van der Waals surface area contributed by atoms with Crippen LogP contribution in [0.3, 0.4) is 0 Å². The van der Waals surface area contributed by atoms with Gasteiger partial charge in [0.15, 0.2) is 0 Å². The zero-order valence-corrected chi connectivity index (χ0v) is 12.3. The van der Waals surface area contributed by atoms with Crippen molar-refractivity contribution in [2.24, 2.45) is 0 Å². The molecule has 0 bridgehead atoms. The molecule has 2 aromatic carbocycles. The zero-order chi connectivity index (χ0) is 15.7. The van der Waals surface area contributed by atoms with Crippen LogP contribution in [0.5, 0.6) is 5.75 Å². The molecule has 2 N–H and O–H groups in total. The lowest BCUT2D eigenvalue weighted by Crippen LogP contribution is -2.13. The van der Waals surface area contributed by atoms with Crippen LogP contribution in [0.2, 0.25) is 0 Å². The van der Waals surface area contributed by atoms with E-state index in [0.717, 1.165) is 11.3 Å². The third-order valence-electron chi connectivity index (χ3n) is 3.78. The Morgan fingerprint density at radius 3 is 2.77 bits per heavy atom. The molecular weight excluding hydrogens is 280 g/mol. The van der Waals surface area contributed by atoms with Gasteiger partial charge < -0.3 is 15.4 Å². The van der Waals surface area contributed by atoms with Crippen molar-refractivity contribution in [1.82, 2.24) is 0 Å². The van der Waals surface area contributed by atoms with Gasteiger partial charge in [-0.15, -0.1) is 0 Å². The van der Waals surface area contributed by atoms with Crippen molar-refractivity contribution < 1.29 is 14.3 Å². The van der Waals surface area contributed by atoms with Gasteiger partial charge in [-0.2, -0.15) is 0 Å². The number of para-hydroxylation sites is 1. The number of amides is 2. The fourth-order valence-electron chi connectivity index (χ4n) is 2.53. The first-order chi connectivity index (χ1) is 10.6. The molecule has 1 aliphatic rings. The van der Waals surface area contributed by atoms with Crippen LogP contribution in [0, 0.1) is 0 Å². The van der Waals surface area contributed by atoms with Crippen LogP contribution in [0.25, 0.3) is 0 Å². The van der Waals surface area contributed by atoms with Gasteiger partial charge >= 0.3 is 0 Å². The van der Waals surface area contributed by atoms with E-state index in [1.54, 1.807) is 30.3 Å². The number of hydrogen-bond acceptors (Lipinski definition) is 3. The first-order valence-electron chi connectivity index (χ1n) is 6.99. The summed E-state index contributed by atoms with van der Waals surface area (Å²) in [6.07, 6.45) is 0. The fraction of sp³-hybridized carbons (Fsp3) is 0.176. The second kappa shape index (κ2) is 5.52. The van der Waals surface area contributed by atoms with Crippen LogP contribution in [0.1, 0.15) is 28.8 Å². The summed E-state index contributed by atoms with van der Waals surface area (Å²) in [5, 5.41) is 5.65. The van der Waals surface area contributed by atoms with E-state index in [1.165, 1.54) is 7.11 Å². The highest BCUT2D eigenvalue weighted by Crippen LogP contribution is 2.34. The number of methoxy groups -OCH3 is 1. The van der Waals surface area contributed by atoms with Gasteiger partial charge in [0, 0.05) is 11.4 Å². The molecule has 0 fully saturated rings. The number of anilines is 2. The Bertz CT molecular complexity index is 755. The lowest BCUT2D eigenvalue weighted by molar-refractivity contribution is -0.116. The minimum absolute atomic E-state index is 0.0248. The molecule has 1 heterocycles. The van der Waals surface area contributed by atoms with Crippen LogP contribution in [0.15, 0.2) is 42.5 Å². The molecule has 0 spiro atoms. The van der Waals surface area contributed by atoms with Crippen molar-refractivity contribution >= 4 is 23.2 Å². The molecule has 22 heavy (non-hydrogen) atoms. The monoisotopic (exact) mass is 296 g/mol. The van der Waals surface area contributed by atoms with Gasteiger partial charge in [-0.1, -0.05) is 12.1 Å². The number of nitrogens with one attached hydrogen (secondary N) is 2. The Kier molecular flexibility index (Phi) is 3.55. The molecule has 0 radical (unpaired) electrons. The molecular formula is C17H16N2O3. The maximum Gasteiger partial charge on any atom is 0.259 e. The highest BCUT2D eigenvalue weighted by atomic mass is 16.5. The lowest BCUT2D eigenvalue weighted by atomic mass is 10.0. The number of carbonyl (C=O) groups is 2. The predicted molar refractivity (Wildman–Crippen MR) is 84.4 cm³/mol. The second-order valence-electron chi connectivity index (χ2n) is 5.17. The molecule has 5 heteroatoms. The summed E-state index contributed by atoms with van der Waals surface area (Å²) in [5.74, 6) is 0.0371. The topological polar surface area (TPSA) is 67.4 Å². The molecule has 0 saturated carbocycles. The Morgan fingerprint density at radius 2 is 2.00 bits per heavy atom. The van der Waals surface area contributed by atoms with Gasteiger partial charge in [-0.25, -0.2) is 0 Å². The van der Waals surface area contributed by atoms with Gasteiger partial charge in [-0.05, 0) is 42.8 Å². The maximum absolute atomic E-state index is 12.4. The highest BCUT2D eigenvalue weighted by molar-refractivity contribution is 6.07. The number of hydrogen-bond donors (Lipinski definition) is 2. The quantitative estimate of drug-likeness (QED) is 0.915. The maximum atomic E-state index is 12.4. The molecule has 0 saturated heterocycles. The van der Waals surface area contributed by atoms with Crippen LogP contribution in [-0.2, 0) is 4.79 Å². The van der Waals surface area contributed by atoms with E-state index in [9.17, 15) is 9.59 Å². The van der Waals surface area contributed by atoms with Gasteiger partial charge in [0.1, 0.15) is 5.75 Å². The fourth-order valence-corrected chi connectivity index (χ4v) is 2.53. The third kappa shape index (κ3) is 2.41. The largest absolute Gasteiger partial charge is 0.496 e. The molecule has 1 unspecified atom stereocenters. The molecule has 5 nitrogen and oxygen atoms in total. The Morgan fingerprint density at radius 1 is 1.23 bits per heavy atom. The average molecular weight is 296 g/mol. The van der Waals surface area contributed by atoms with Gasteiger partial charge in [0.25, 0.3) is 5.91 Å². The molecule has 2 amide bonds. The molecule has 1 aliphatic heterocycles. The van der Waals surface area contributed by atoms with Crippen LogP contribution in [0.4, 0.5) is 11.4 Å². The van der Waals surface area contributed by atoms with Gasteiger partial charge in [-0.3, -0.25) is 9.59 Å². The Balaban J connectivity index is 1.85. The van der Waals surface area contributed by atoms with Crippen molar-refractivity contribution in [2.75, 3.05) is 17.7 Å². The van der Waals surface area contributed by atoms with Gasteiger partial charge in [0.05, 0.1) is 18.6 Å². The van der Waals surface area contributed by atoms with Crippen molar-refractivity contribution in [2.45, 2.75) is 12.8 Å². The second-order valence-corrected chi connectivity index (χ2v) is 5.17. The number of carbonyl (C=O) groups excluding carboxylic acids is 2. The molecule has 112 valence electrons. The summed E-state index contributed by atoms with van der Waals surface area (Å²) in [7, 11) is 1.53. The van der Waals surface area contributed by atoms with Crippen LogP contribution < -0.4 is 15.4 Å². The van der Waals surface area contributed by atoms with Crippen molar-refractivity contribution in [3.05, 3.63) is 53.6 Å². The van der Waals surface area contributed by atoms with E-state index in [-0.39, 0.29) is 17.7 Å². The summed E-state index contributed by atoms with van der Waals surface area (Å²) >= 11 is 0. The number of rotatable bonds is 3. The van der Waals surface area contributed by atoms with E-state index in [0.29, 0.717) is 17.0 Å². The molecule has 2 aromatic rings. The van der Waals surface area contributed by atoms with Crippen LogP contribution >= 0.6 is 0 Å². The minimum atomic E-state index is -0.248. The average Bonchev–Trinajstić information content (AvgIpc) is 2.82. The zero-order valence-electron chi connectivity index (χ0n) is 12.3.